The fraction of sp³-hybridized carbons (Fsp3) is 0.500. The van der Waals surface area contributed by atoms with E-state index in [1.165, 1.54) is 24.0 Å². The summed E-state index contributed by atoms with van der Waals surface area (Å²) in [5, 5.41) is 3.85. The van der Waals surface area contributed by atoms with Gasteiger partial charge >= 0.3 is 0 Å². The average molecular weight is 297 g/mol. The summed E-state index contributed by atoms with van der Waals surface area (Å²) in [5.41, 5.74) is 3.02. The molecule has 4 heteroatoms. The molecule has 3 atom stereocenters. The number of hydrogen-bond donors (Lipinski definition) is 1. The van der Waals surface area contributed by atoms with E-state index in [0.717, 1.165) is 25.3 Å². The zero-order chi connectivity index (χ0) is 14.9. The standard InChI is InChI=1S/C18H23N3O/c1-21-10-9-19-18(21)17-16(8-11-22-17)20-15-7-6-13-4-2-3-5-14(13)12-15/h2-5,9-10,15-17,20H,6-8,11-12H2,1H3/t15-,16-,17-/m0/s1. The van der Waals surface area contributed by atoms with Gasteiger partial charge in [0.25, 0.3) is 0 Å². The van der Waals surface area contributed by atoms with Crippen LogP contribution in [0.25, 0.3) is 0 Å². The van der Waals surface area contributed by atoms with E-state index in [-0.39, 0.29) is 6.10 Å². The Kier molecular flexibility index (Phi) is 3.72. The average Bonchev–Trinajstić information content (AvgIpc) is 3.15. The predicted octanol–water partition coefficient (Wildman–Crippen LogP) is 2.40. The summed E-state index contributed by atoms with van der Waals surface area (Å²) in [6, 6.07) is 9.75. The first-order valence-electron chi connectivity index (χ1n) is 8.23. The number of ether oxygens (including phenoxy) is 1. The second kappa shape index (κ2) is 5.86. The smallest absolute Gasteiger partial charge is 0.139 e. The molecular formula is C18H23N3O. The lowest BCUT2D eigenvalue weighted by atomic mass is 9.87. The number of aryl methyl sites for hydroxylation is 2. The molecule has 1 aliphatic carbocycles. The summed E-state index contributed by atoms with van der Waals surface area (Å²) in [7, 11) is 2.04. The quantitative estimate of drug-likeness (QED) is 0.945. The lowest BCUT2D eigenvalue weighted by molar-refractivity contribution is 0.0867. The maximum atomic E-state index is 5.96. The molecule has 2 aliphatic rings. The SMILES string of the molecule is Cn1ccnc1[C@H]1OCC[C@@H]1N[C@H]1CCc2ccccc2C1. The van der Waals surface area contributed by atoms with Crippen molar-refractivity contribution in [2.45, 2.75) is 43.9 Å². The Morgan fingerprint density at radius 3 is 2.91 bits per heavy atom. The molecule has 1 aliphatic heterocycles. The highest BCUT2D eigenvalue weighted by molar-refractivity contribution is 5.30. The van der Waals surface area contributed by atoms with Crippen molar-refractivity contribution < 1.29 is 4.74 Å². The van der Waals surface area contributed by atoms with E-state index in [0.29, 0.717) is 12.1 Å². The largest absolute Gasteiger partial charge is 0.369 e. The molecule has 0 unspecified atom stereocenters. The van der Waals surface area contributed by atoms with Crippen molar-refractivity contribution in [2.75, 3.05) is 6.61 Å². The Morgan fingerprint density at radius 2 is 2.09 bits per heavy atom. The Labute approximate surface area is 131 Å². The van der Waals surface area contributed by atoms with Gasteiger partial charge in [-0.1, -0.05) is 24.3 Å². The Bertz CT molecular complexity index is 651. The van der Waals surface area contributed by atoms with Crippen molar-refractivity contribution >= 4 is 0 Å². The zero-order valence-corrected chi connectivity index (χ0v) is 13.0. The van der Waals surface area contributed by atoms with Crippen molar-refractivity contribution in [3.63, 3.8) is 0 Å². The van der Waals surface area contributed by atoms with Crippen LogP contribution in [0.2, 0.25) is 0 Å². The normalized spacial score (nSPS) is 27.8. The van der Waals surface area contributed by atoms with Gasteiger partial charge in [-0.25, -0.2) is 4.98 Å². The van der Waals surface area contributed by atoms with E-state index in [1.54, 1.807) is 0 Å². The lowest BCUT2D eigenvalue weighted by Crippen LogP contribution is -2.43. The van der Waals surface area contributed by atoms with Crippen LogP contribution in [0.15, 0.2) is 36.7 Å². The third-order valence-corrected chi connectivity index (χ3v) is 5.00. The topological polar surface area (TPSA) is 39.1 Å². The first-order valence-corrected chi connectivity index (χ1v) is 8.23. The highest BCUT2D eigenvalue weighted by Crippen LogP contribution is 2.30. The fourth-order valence-electron chi connectivity index (χ4n) is 3.81. The van der Waals surface area contributed by atoms with Gasteiger partial charge in [0.1, 0.15) is 11.9 Å². The van der Waals surface area contributed by atoms with E-state index >= 15 is 0 Å². The minimum absolute atomic E-state index is 0.0807. The molecule has 4 rings (SSSR count). The number of nitrogens with zero attached hydrogens (tertiary/aromatic N) is 2. The van der Waals surface area contributed by atoms with Crippen molar-refractivity contribution in [1.29, 1.82) is 0 Å². The summed E-state index contributed by atoms with van der Waals surface area (Å²) >= 11 is 0. The summed E-state index contributed by atoms with van der Waals surface area (Å²) in [5.74, 6) is 1.03. The van der Waals surface area contributed by atoms with Gasteiger partial charge in [0.2, 0.25) is 0 Å². The molecule has 116 valence electrons. The molecule has 0 spiro atoms. The number of fused-ring (bicyclic) bond motifs is 1. The van der Waals surface area contributed by atoms with E-state index in [9.17, 15) is 0 Å². The van der Waals surface area contributed by atoms with Gasteiger partial charge in [-0.05, 0) is 36.8 Å². The molecule has 1 saturated heterocycles. The van der Waals surface area contributed by atoms with Gasteiger partial charge in [0.05, 0.1) is 0 Å². The van der Waals surface area contributed by atoms with Crippen LogP contribution in [-0.2, 0) is 24.6 Å². The molecule has 0 radical (unpaired) electrons. The van der Waals surface area contributed by atoms with Gasteiger partial charge in [-0.2, -0.15) is 0 Å². The van der Waals surface area contributed by atoms with Crippen LogP contribution in [0.1, 0.15) is 35.9 Å². The molecule has 2 aromatic rings. The Hall–Kier alpha value is -1.65. The van der Waals surface area contributed by atoms with Gasteiger partial charge < -0.3 is 14.6 Å². The second-order valence-electron chi connectivity index (χ2n) is 6.46. The molecule has 0 bridgehead atoms. The molecule has 1 fully saturated rings. The molecule has 4 nitrogen and oxygen atoms in total. The second-order valence-corrected chi connectivity index (χ2v) is 6.46. The van der Waals surface area contributed by atoms with Crippen molar-refractivity contribution in [2.24, 2.45) is 7.05 Å². The summed E-state index contributed by atoms with van der Waals surface area (Å²) in [4.78, 5) is 4.48. The van der Waals surface area contributed by atoms with Gasteiger partial charge in [-0.15, -0.1) is 0 Å². The number of hydrogen-bond acceptors (Lipinski definition) is 3. The first kappa shape index (κ1) is 14.0. The summed E-state index contributed by atoms with van der Waals surface area (Å²) in [6.07, 6.45) is 8.50. The van der Waals surface area contributed by atoms with Crippen molar-refractivity contribution in [1.82, 2.24) is 14.9 Å². The number of imidazole rings is 1. The van der Waals surface area contributed by atoms with Gasteiger partial charge in [-0.3, -0.25) is 0 Å². The molecular weight excluding hydrogens is 274 g/mol. The number of nitrogens with one attached hydrogen (secondary N) is 1. The van der Waals surface area contributed by atoms with Crippen LogP contribution in [0.3, 0.4) is 0 Å². The first-order chi connectivity index (χ1) is 10.8. The maximum absolute atomic E-state index is 5.96. The summed E-state index contributed by atoms with van der Waals surface area (Å²) in [6.45, 7) is 0.818. The summed E-state index contributed by atoms with van der Waals surface area (Å²) < 4.78 is 8.03. The fourth-order valence-corrected chi connectivity index (χ4v) is 3.81. The minimum atomic E-state index is 0.0807. The van der Waals surface area contributed by atoms with Crippen LogP contribution in [-0.4, -0.2) is 28.2 Å². The van der Waals surface area contributed by atoms with Crippen LogP contribution in [0.4, 0.5) is 0 Å². The zero-order valence-electron chi connectivity index (χ0n) is 13.0. The highest BCUT2D eigenvalue weighted by Gasteiger charge is 2.34. The van der Waals surface area contributed by atoms with E-state index in [4.69, 9.17) is 4.74 Å². The number of benzene rings is 1. The Morgan fingerprint density at radius 1 is 1.23 bits per heavy atom. The van der Waals surface area contributed by atoms with E-state index < -0.39 is 0 Å². The minimum Gasteiger partial charge on any atom is -0.369 e. The third-order valence-electron chi connectivity index (χ3n) is 5.00. The van der Waals surface area contributed by atoms with Crippen LogP contribution in [0, 0.1) is 0 Å². The van der Waals surface area contributed by atoms with Crippen LogP contribution in [0.5, 0.6) is 0 Å². The third kappa shape index (κ3) is 2.57. The lowest BCUT2D eigenvalue weighted by Gasteiger charge is -2.30. The molecule has 22 heavy (non-hydrogen) atoms. The molecule has 1 aromatic heterocycles. The maximum Gasteiger partial charge on any atom is 0.139 e. The Balaban J connectivity index is 1.46. The van der Waals surface area contributed by atoms with E-state index in [2.05, 4.69) is 39.1 Å². The van der Waals surface area contributed by atoms with Crippen molar-refractivity contribution in [3.8, 4) is 0 Å². The molecule has 1 aromatic carbocycles. The number of aromatic nitrogens is 2. The highest BCUT2D eigenvalue weighted by atomic mass is 16.5. The molecule has 0 saturated carbocycles. The molecule has 1 N–H and O–H groups in total. The van der Waals surface area contributed by atoms with Crippen molar-refractivity contribution in [3.05, 3.63) is 53.6 Å². The monoisotopic (exact) mass is 297 g/mol. The van der Waals surface area contributed by atoms with Gasteiger partial charge in [0.15, 0.2) is 0 Å². The predicted molar refractivity (Wildman–Crippen MR) is 85.7 cm³/mol. The molecule has 2 heterocycles. The number of rotatable bonds is 3. The van der Waals surface area contributed by atoms with E-state index in [1.807, 2.05) is 19.4 Å². The van der Waals surface area contributed by atoms with Crippen LogP contribution < -0.4 is 5.32 Å². The van der Waals surface area contributed by atoms with Gasteiger partial charge in [0, 0.05) is 38.1 Å². The van der Waals surface area contributed by atoms with Crippen LogP contribution >= 0.6 is 0 Å². The molecule has 0 amide bonds.